The number of aryl methyl sites for hydroxylation is 1. The number of carboxylic acids is 1. The summed E-state index contributed by atoms with van der Waals surface area (Å²) in [5.74, 6) is -0.773. The fraction of sp³-hybridized carbons (Fsp3) is 0.250. The van der Waals surface area contributed by atoms with Crippen LogP contribution in [-0.2, 0) is 0 Å². The van der Waals surface area contributed by atoms with E-state index in [2.05, 4.69) is 4.98 Å². The highest BCUT2D eigenvalue weighted by atomic mass is 35.5. The molecular weight excluding hydrogens is 194 g/mol. The average molecular weight is 202 g/mol. The first-order valence-corrected chi connectivity index (χ1v) is 3.88. The molecule has 1 rings (SSSR count). The van der Waals surface area contributed by atoms with Crippen molar-refractivity contribution in [3.05, 3.63) is 22.3 Å². The second kappa shape index (κ2) is 3.62. The number of pyridine rings is 1. The van der Waals surface area contributed by atoms with Crippen molar-refractivity contribution in [2.75, 3.05) is 7.11 Å². The predicted molar refractivity (Wildman–Crippen MR) is 47.5 cm³/mol. The zero-order valence-corrected chi connectivity index (χ0v) is 7.92. The molecule has 70 valence electrons. The van der Waals surface area contributed by atoms with E-state index in [1.165, 1.54) is 13.2 Å². The number of methoxy groups -OCH3 is 1. The summed E-state index contributed by atoms with van der Waals surface area (Å²) >= 11 is 5.64. The summed E-state index contributed by atoms with van der Waals surface area (Å²) in [6, 6.07) is 1.52. The van der Waals surface area contributed by atoms with E-state index < -0.39 is 5.97 Å². The number of hydrogen-bond donors (Lipinski definition) is 1. The van der Waals surface area contributed by atoms with Gasteiger partial charge in [-0.15, -0.1) is 0 Å². The second-order valence-corrected chi connectivity index (χ2v) is 2.81. The van der Waals surface area contributed by atoms with E-state index in [0.717, 1.165) is 0 Å². The standard InChI is InChI=1S/C8H8ClNO3/c1-4-3-5(13-2)10-7(9)6(4)8(11)12/h3H,1-2H3,(H,11,12). The lowest BCUT2D eigenvalue weighted by molar-refractivity contribution is 0.0696. The minimum atomic E-state index is -1.09. The molecule has 1 heterocycles. The molecule has 1 N–H and O–H groups in total. The van der Waals surface area contributed by atoms with Crippen molar-refractivity contribution >= 4 is 17.6 Å². The Morgan fingerprint density at radius 3 is 2.69 bits per heavy atom. The summed E-state index contributed by atoms with van der Waals surface area (Å²) in [6.07, 6.45) is 0. The third-order valence-corrected chi connectivity index (χ3v) is 1.85. The Hall–Kier alpha value is -1.29. The molecular formula is C8H8ClNO3. The van der Waals surface area contributed by atoms with E-state index in [0.29, 0.717) is 11.4 Å². The minimum Gasteiger partial charge on any atom is -0.481 e. The summed E-state index contributed by atoms with van der Waals surface area (Å²) < 4.78 is 4.82. The molecule has 13 heavy (non-hydrogen) atoms. The number of aromatic nitrogens is 1. The largest absolute Gasteiger partial charge is 0.481 e. The maximum atomic E-state index is 10.7. The van der Waals surface area contributed by atoms with Gasteiger partial charge in [0.25, 0.3) is 0 Å². The van der Waals surface area contributed by atoms with Gasteiger partial charge in [-0.1, -0.05) is 11.6 Å². The molecule has 0 aliphatic carbocycles. The van der Waals surface area contributed by atoms with Crippen LogP contribution in [0.2, 0.25) is 5.15 Å². The first-order chi connectivity index (χ1) is 6.06. The van der Waals surface area contributed by atoms with Gasteiger partial charge in [0.1, 0.15) is 5.15 Å². The van der Waals surface area contributed by atoms with Gasteiger partial charge in [0.2, 0.25) is 5.88 Å². The number of rotatable bonds is 2. The van der Waals surface area contributed by atoms with Crippen LogP contribution in [0.15, 0.2) is 6.07 Å². The van der Waals surface area contributed by atoms with Crippen LogP contribution in [0.5, 0.6) is 5.88 Å². The van der Waals surface area contributed by atoms with E-state index in [1.54, 1.807) is 6.92 Å². The number of nitrogens with zero attached hydrogens (tertiary/aromatic N) is 1. The van der Waals surface area contributed by atoms with Crippen molar-refractivity contribution in [2.24, 2.45) is 0 Å². The van der Waals surface area contributed by atoms with Crippen LogP contribution >= 0.6 is 11.6 Å². The number of carbonyl (C=O) groups is 1. The smallest absolute Gasteiger partial charge is 0.339 e. The lowest BCUT2D eigenvalue weighted by atomic mass is 10.1. The van der Waals surface area contributed by atoms with Crippen molar-refractivity contribution in [1.82, 2.24) is 4.98 Å². The van der Waals surface area contributed by atoms with Gasteiger partial charge in [-0.3, -0.25) is 0 Å². The molecule has 0 aromatic carbocycles. The molecule has 1 aromatic heterocycles. The summed E-state index contributed by atoms with van der Waals surface area (Å²) in [5.41, 5.74) is 0.548. The third kappa shape index (κ3) is 1.89. The molecule has 0 bridgehead atoms. The SMILES string of the molecule is COc1cc(C)c(C(=O)O)c(Cl)n1. The van der Waals surface area contributed by atoms with Crippen molar-refractivity contribution in [3.8, 4) is 5.88 Å². The molecule has 4 nitrogen and oxygen atoms in total. The molecule has 5 heteroatoms. The normalized spacial score (nSPS) is 9.77. The topological polar surface area (TPSA) is 59.4 Å². The number of ether oxygens (including phenoxy) is 1. The Bertz CT molecular complexity index is 328. The summed E-state index contributed by atoms with van der Waals surface area (Å²) in [6.45, 7) is 1.64. The first-order valence-electron chi connectivity index (χ1n) is 3.50. The third-order valence-electron chi connectivity index (χ3n) is 1.57. The van der Waals surface area contributed by atoms with Crippen LogP contribution in [0.25, 0.3) is 0 Å². The van der Waals surface area contributed by atoms with E-state index in [9.17, 15) is 4.79 Å². The Labute approximate surface area is 80.1 Å². The summed E-state index contributed by atoms with van der Waals surface area (Å²) in [4.78, 5) is 14.4. The molecule has 0 radical (unpaired) electrons. The van der Waals surface area contributed by atoms with Crippen LogP contribution in [0.3, 0.4) is 0 Å². The van der Waals surface area contributed by atoms with Gasteiger partial charge in [-0.25, -0.2) is 9.78 Å². The average Bonchev–Trinajstić information content (AvgIpc) is 2.02. The van der Waals surface area contributed by atoms with Gasteiger partial charge in [0.15, 0.2) is 0 Å². The van der Waals surface area contributed by atoms with Gasteiger partial charge in [0, 0.05) is 6.07 Å². The lowest BCUT2D eigenvalue weighted by Crippen LogP contribution is -2.03. The van der Waals surface area contributed by atoms with Crippen LogP contribution in [0.4, 0.5) is 0 Å². The number of halogens is 1. The van der Waals surface area contributed by atoms with Crippen LogP contribution < -0.4 is 4.74 Å². The van der Waals surface area contributed by atoms with E-state index in [-0.39, 0.29) is 10.7 Å². The van der Waals surface area contributed by atoms with Gasteiger partial charge in [-0.05, 0) is 12.5 Å². The van der Waals surface area contributed by atoms with Gasteiger partial charge in [-0.2, -0.15) is 0 Å². The minimum absolute atomic E-state index is 0.0162. The molecule has 0 saturated heterocycles. The summed E-state index contributed by atoms with van der Waals surface area (Å²) in [5, 5.41) is 8.69. The maximum Gasteiger partial charge on any atom is 0.339 e. The Morgan fingerprint density at radius 2 is 2.31 bits per heavy atom. The molecule has 1 aromatic rings. The second-order valence-electron chi connectivity index (χ2n) is 2.45. The first kappa shape index (κ1) is 9.80. The monoisotopic (exact) mass is 201 g/mol. The van der Waals surface area contributed by atoms with E-state index in [4.69, 9.17) is 21.4 Å². The van der Waals surface area contributed by atoms with Crippen molar-refractivity contribution in [2.45, 2.75) is 6.92 Å². The quantitative estimate of drug-likeness (QED) is 0.741. The number of carboxylic acid groups (broad SMARTS) is 1. The summed E-state index contributed by atoms with van der Waals surface area (Å²) in [7, 11) is 1.44. The van der Waals surface area contributed by atoms with Crippen molar-refractivity contribution in [1.29, 1.82) is 0 Å². The van der Waals surface area contributed by atoms with Crippen molar-refractivity contribution < 1.29 is 14.6 Å². The zero-order chi connectivity index (χ0) is 10.0. The molecule has 0 aliphatic rings. The molecule has 0 aliphatic heterocycles. The highest BCUT2D eigenvalue weighted by molar-refractivity contribution is 6.32. The molecule has 0 fully saturated rings. The van der Waals surface area contributed by atoms with Gasteiger partial charge < -0.3 is 9.84 Å². The Morgan fingerprint density at radius 1 is 1.69 bits per heavy atom. The highest BCUT2D eigenvalue weighted by Crippen LogP contribution is 2.21. The number of aromatic carboxylic acids is 1. The molecule has 0 unspecified atom stereocenters. The fourth-order valence-corrected chi connectivity index (χ4v) is 1.28. The number of hydrogen-bond acceptors (Lipinski definition) is 3. The Kier molecular flexibility index (Phi) is 2.72. The molecule has 0 atom stereocenters. The zero-order valence-electron chi connectivity index (χ0n) is 7.17. The predicted octanol–water partition coefficient (Wildman–Crippen LogP) is 1.75. The van der Waals surface area contributed by atoms with Crippen LogP contribution in [0, 0.1) is 6.92 Å². The van der Waals surface area contributed by atoms with Crippen molar-refractivity contribution in [3.63, 3.8) is 0 Å². The van der Waals surface area contributed by atoms with Gasteiger partial charge >= 0.3 is 5.97 Å². The fourth-order valence-electron chi connectivity index (χ4n) is 0.966. The van der Waals surface area contributed by atoms with Gasteiger partial charge in [0.05, 0.1) is 12.7 Å². The van der Waals surface area contributed by atoms with E-state index >= 15 is 0 Å². The van der Waals surface area contributed by atoms with Crippen LogP contribution in [0.1, 0.15) is 15.9 Å². The Balaban J connectivity index is 3.31. The maximum absolute atomic E-state index is 10.7. The molecule has 0 saturated carbocycles. The van der Waals surface area contributed by atoms with E-state index in [1.807, 2.05) is 0 Å². The highest BCUT2D eigenvalue weighted by Gasteiger charge is 2.14. The molecule has 0 spiro atoms. The lowest BCUT2D eigenvalue weighted by Gasteiger charge is -2.05. The van der Waals surface area contributed by atoms with Crippen LogP contribution in [-0.4, -0.2) is 23.2 Å². The molecule has 0 amide bonds.